The molecule has 1 aliphatic rings. The van der Waals surface area contributed by atoms with Crippen molar-refractivity contribution in [3.63, 3.8) is 0 Å². The number of nitrogens with two attached hydrogens (primary N) is 1. The summed E-state index contributed by atoms with van der Waals surface area (Å²) in [6.07, 6.45) is 4.67. The number of carbonyl (C=O) groups excluding carboxylic acids is 1. The van der Waals surface area contributed by atoms with Crippen LogP contribution >= 0.6 is 0 Å². The van der Waals surface area contributed by atoms with E-state index in [1.54, 1.807) is 24.3 Å². The lowest BCUT2D eigenvalue weighted by molar-refractivity contribution is 0.170. The van der Waals surface area contributed by atoms with Gasteiger partial charge in [-0.1, -0.05) is 26.7 Å². The Hall–Kier alpha value is -1.71. The molecule has 1 saturated carbocycles. The van der Waals surface area contributed by atoms with Gasteiger partial charge in [-0.05, 0) is 42.5 Å². The molecule has 1 unspecified atom stereocenters. The molecule has 1 fully saturated rings. The lowest BCUT2D eigenvalue weighted by Crippen LogP contribution is -2.48. The number of urea groups is 1. The number of rotatable bonds is 2. The quantitative estimate of drug-likeness (QED) is 0.715. The standard InChI is InChI=1S/C15H23N3O/c1-15(2)10-4-3-5-13(15)18-14(19)17-12-8-6-11(16)7-9-12/h6-9,13H,3-5,10,16H2,1-2H3,(H2,17,18,19). The van der Waals surface area contributed by atoms with Crippen LogP contribution in [0.5, 0.6) is 0 Å². The largest absolute Gasteiger partial charge is 0.399 e. The third kappa shape index (κ3) is 3.63. The van der Waals surface area contributed by atoms with Crippen molar-refractivity contribution in [3.8, 4) is 0 Å². The zero-order valence-corrected chi connectivity index (χ0v) is 11.7. The molecule has 1 aromatic carbocycles. The minimum absolute atomic E-state index is 0.134. The molecule has 0 aromatic heterocycles. The van der Waals surface area contributed by atoms with Crippen LogP contribution in [-0.4, -0.2) is 12.1 Å². The van der Waals surface area contributed by atoms with Gasteiger partial charge in [0, 0.05) is 17.4 Å². The maximum absolute atomic E-state index is 12.0. The molecule has 0 heterocycles. The molecule has 0 spiro atoms. The minimum atomic E-state index is -0.134. The zero-order chi connectivity index (χ0) is 13.9. The summed E-state index contributed by atoms with van der Waals surface area (Å²) in [4.78, 5) is 12.0. The van der Waals surface area contributed by atoms with E-state index in [4.69, 9.17) is 5.73 Å². The molecule has 2 amide bonds. The van der Waals surface area contributed by atoms with Crippen LogP contribution in [-0.2, 0) is 0 Å². The molecule has 104 valence electrons. The van der Waals surface area contributed by atoms with Gasteiger partial charge in [0.2, 0.25) is 0 Å². The third-order valence-electron chi connectivity index (χ3n) is 3.98. The molecule has 4 N–H and O–H groups in total. The molecule has 4 nitrogen and oxygen atoms in total. The Morgan fingerprint density at radius 1 is 1.26 bits per heavy atom. The number of hydrogen-bond acceptors (Lipinski definition) is 2. The van der Waals surface area contributed by atoms with Gasteiger partial charge in [-0.15, -0.1) is 0 Å². The SMILES string of the molecule is CC1(C)CCCCC1NC(=O)Nc1ccc(N)cc1. The van der Waals surface area contributed by atoms with Crippen molar-refractivity contribution in [3.05, 3.63) is 24.3 Å². The number of anilines is 2. The first-order chi connectivity index (χ1) is 8.97. The Morgan fingerprint density at radius 2 is 1.95 bits per heavy atom. The summed E-state index contributed by atoms with van der Waals surface area (Å²) in [5, 5.41) is 5.94. The first kappa shape index (κ1) is 13.7. The van der Waals surface area contributed by atoms with Gasteiger partial charge in [0.25, 0.3) is 0 Å². The topological polar surface area (TPSA) is 67.2 Å². The summed E-state index contributed by atoms with van der Waals surface area (Å²) in [6, 6.07) is 7.28. The highest BCUT2D eigenvalue weighted by Crippen LogP contribution is 2.35. The van der Waals surface area contributed by atoms with Crippen molar-refractivity contribution < 1.29 is 4.79 Å². The molecular weight excluding hydrogens is 238 g/mol. The number of benzene rings is 1. The van der Waals surface area contributed by atoms with Crippen molar-refractivity contribution in [1.29, 1.82) is 0 Å². The summed E-state index contributed by atoms with van der Waals surface area (Å²) in [5.74, 6) is 0. The molecule has 2 rings (SSSR count). The molecule has 1 aliphatic carbocycles. The van der Waals surface area contributed by atoms with E-state index in [9.17, 15) is 4.79 Å². The number of nitrogens with one attached hydrogen (secondary N) is 2. The molecule has 0 aliphatic heterocycles. The van der Waals surface area contributed by atoms with Crippen molar-refractivity contribution in [1.82, 2.24) is 5.32 Å². The minimum Gasteiger partial charge on any atom is -0.399 e. The van der Waals surface area contributed by atoms with Gasteiger partial charge in [-0.2, -0.15) is 0 Å². The first-order valence-electron chi connectivity index (χ1n) is 6.90. The Bertz CT molecular complexity index is 439. The lowest BCUT2D eigenvalue weighted by atomic mass is 9.73. The maximum atomic E-state index is 12.0. The predicted octanol–water partition coefficient (Wildman–Crippen LogP) is 3.36. The fourth-order valence-electron chi connectivity index (χ4n) is 2.65. The number of hydrogen-bond donors (Lipinski definition) is 3. The average Bonchev–Trinajstić information content (AvgIpc) is 2.35. The van der Waals surface area contributed by atoms with Crippen molar-refractivity contribution in [2.45, 2.75) is 45.6 Å². The van der Waals surface area contributed by atoms with Crippen LogP contribution in [0, 0.1) is 5.41 Å². The van der Waals surface area contributed by atoms with Crippen molar-refractivity contribution in [2.24, 2.45) is 5.41 Å². The van der Waals surface area contributed by atoms with E-state index in [1.165, 1.54) is 19.3 Å². The van der Waals surface area contributed by atoms with E-state index in [0.717, 1.165) is 12.1 Å². The lowest BCUT2D eigenvalue weighted by Gasteiger charge is -2.38. The molecular formula is C15H23N3O. The van der Waals surface area contributed by atoms with Crippen molar-refractivity contribution >= 4 is 17.4 Å². The summed E-state index contributed by atoms with van der Waals surface area (Å²) < 4.78 is 0. The number of nitrogen functional groups attached to an aromatic ring is 1. The van der Waals surface area contributed by atoms with Gasteiger partial charge < -0.3 is 16.4 Å². The van der Waals surface area contributed by atoms with Gasteiger partial charge in [-0.25, -0.2) is 4.79 Å². The van der Waals surface area contributed by atoms with Gasteiger partial charge in [0.15, 0.2) is 0 Å². The normalized spacial score (nSPS) is 21.7. The zero-order valence-electron chi connectivity index (χ0n) is 11.7. The van der Waals surface area contributed by atoms with Gasteiger partial charge in [0.1, 0.15) is 0 Å². The second-order valence-corrected chi connectivity index (χ2v) is 6.01. The third-order valence-corrected chi connectivity index (χ3v) is 3.98. The summed E-state index contributed by atoms with van der Waals surface area (Å²) >= 11 is 0. The van der Waals surface area contributed by atoms with E-state index >= 15 is 0 Å². The molecule has 0 saturated heterocycles. The van der Waals surface area contributed by atoms with E-state index in [0.29, 0.717) is 5.69 Å². The fourth-order valence-corrected chi connectivity index (χ4v) is 2.65. The first-order valence-corrected chi connectivity index (χ1v) is 6.90. The average molecular weight is 261 g/mol. The number of amides is 2. The van der Waals surface area contributed by atoms with Crippen LogP contribution in [0.2, 0.25) is 0 Å². The van der Waals surface area contributed by atoms with Crippen molar-refractivity contribution in [2.75, 3.05) is 11.1 Å². The Morgan fingerprint density at radius 3 is 2.58 bits per heavy atom. The van der Waals surface area contributed by atoms with Crippen LogP contribution < -0.4 is 16.4 Å². The molecule has 19 heavy (non-hydrogen) atoms. The van der Waals surface area contributed by atoms with Crippen LogP contribution in [0.3, 0.4) is 0 Å². The maximum Gasteiger partial charge on any atom is 0.319 e. The Kier molecular flexibility index (Phi) is 3.98. The monoisotopic (exact) mass is 261 g/mol. The van der Waals surface area contributed by atoms with Crippen LogP contribution in [0.15, 0.2) is 24.3 Å². The highest BCUT2D eigenvalue weighted by Gasteiger charge is 2.33. The Labute approximate surface area is 114 Å². The van der Waals surface area contributed by atoms with Crippen LogP contribution in [0.25, 0.3) is 0 Å². The summed E-state index contributed by atoms with van der Waals surface area (Å²) in [6.45, 7) is 4.45. The van der Waals surface area contributed by atoms with E-state index in [2.05, 4.69) is 24.5 Å². The predicted molar refractivity (Wildman–Crippen MR) is 79.0 cm³/mol. The van der Waals surface area contributed by atoms with E-state index in [1.807, 2.05) is 0 Å². The van der Waals surface area contributed by atoms with E-state index in [-0.39, 0.29) is 17.5 Å². The van der Waals surface area contributed by atoms with Crippen LogP contribution in [0.1, 0.15) is 39.5 Å². The molecule has 4 heteroatoms. The van der Waals surface area contributed by atoms with Gasteiger partial charge >= 0.3 is 6.03 Å². The van der Waals surface area contributed by atoms with Crippen LogP contribution in [0.4, 0.5) is 16.2 Å². The number of carbonyl (C=O) groups is 1. The molecule has 0 bridgehead atoms. The van der Waals surface area contributed by atoms with Gasteiger partial charge in [0.05, 0.1) is 0 Å². The summed E-state index contributed by atoms with van der Waals surface area (Å²) in [7, 11) is 0. The second-order valence-electron chi connectivity index (χ2n) is 6.01. The summed E-state index contributed by atoms with van der Waals surface area (Å²) in [5.41, 5.74) is 7.25. The fraction of sp³-hybridized carbons (Fsp3) is 0.533. The molecule has 1 aromatic rings. The second kappa shape index (κ2) is 5.51. The Balaban J connectivity index is 1.92. The highest BCUT2D eigenvalue weighted by atomic mass is 16.2. The molecule has 0 radical (unpaired) electrons. The smallest absolute Gasteiger partial charge is 0.319 e. The highest BCUT2D eigenvalue weighted by molar-refractivity contribution is 5.89. The van der Waals surface area contributed by atoms with Gasteiger partial charge in [-0.3, -0.25) is 0 Å². The van der Waals surface area contributed by atoms with E-state index < -0.39 is 0 Å². The molecule has 1 atom stereocenters.